The van der Waals surface area contributed by atoms with Crippen LogP contribution >= 0.6 is 0 Å². The Morgan fingerprint density at radius 1 is 1.21 bits per heavy atom. The molecule has 1 saturated heterocycles. The standard InChI is InChI=1S/C20H19F2N3O3/c1-25(11-18-27-7-8-28-18)17-6-5-12(9-15(17)22)23-10-13-19-14(21)3-2-4-16(19)24-20(13)26/h2-6,9-10,18,24,26H,7-8,11H2,1H3. The van der Waals surface area contributed by atoms with Crippen molar-refractivity contribution in [3.05, 3.63) is 53.6 Å². The van der Waals surface area contributed by atoms with Gasteiger partial charge < -0.3 is 24.5 Å². The maximum Gasteiger partial charge on any atom is 0.198 e. The van der Waals surface area contributed by atoms with Crippen LogP contribution in [0.4, 0.5) is 20.2 Å². The van der Waals surface area contributed by atoms with Gasteiger partial charge in [0.15, 0.2) is 12.2 Å². The molecular formula is C20H19F2N3O3. The minimum atomic E-state index is -0.477. The first-order valence-electron chi connectivity index (χ1n) is 8.80. The molecule has 6 nitrogen and oxygen atoms in total. The van der Waals surface area contributed by atoms with Crippen LogP contribution in [-0.4, -0.2) is 49.4 Å². The van der Waals surface area contributed by atoms with Crippen molar-refractivity contribution in [3.63, 3.8) is 0 Å². The van der Waals surface area contributed by atoms with E-state index in [1.165, 1.54) is 18.3 Å². The molecule has 1 aromatic heterocycles. The molecule has 0 amide bonds. The number of hydrogen-bond donors (Lipinski definition) is 2. The molecule has 0 spiro atoms. The zero-order valence-corrected chi connectivity index (χ0v) is 15.2. The number of nitrogens with zero attached hydrogens (tertiary/aromatic N) is 2. The summed E-state index contributed by atoms with van der Waals surface area (Å²) in [5, 5.41) is 10.3. The van der Waals surface area contributed by atoms with Gasteiger partial charge in [-0.2, -0.15) is 0 Å². The van der Waals surface area contributed by atoms with Gasteiger partial charge in [0.2, 0.25) is 0 Å². The van der Waals surface area contributed by atoms with E-state index < -0.39 is 11.6 Å². The van der Waals surface area contributed by atoms with E-state index in [1.807, 2.05) is 0 Å². The second-order valence-corrected chi connectivity index (χ2v) is 6.50. The van der Waals surface area contributed by atoms with Crippen LogP contribution in [0.25, 0.3) is 10.9 Å². The summed E-state index contributed by atoms with van der Waals surface area (Å²) in [5.41, 5.74) is 1.40. The monoisotopic (exact) mass is 387 g/mol. The third-order valence-corrected chi connectivity index (χ3v) is 4.59. The van der Waals surface area contributed by atoms with E-state index >= 15 is 0 Å². The average Bonchev–Trinajstić information content (AvgIpc) is 3.27. The molecule has 0 saturated carbocycles. The third kappa shape index (κ3) is 3.56. The molecule has 0 aliphatic carbocycles. The lowest BCUT2D eigenvalue weighted by molar-refractivity contribution is -0.0336. The lowest BCUT2D eigenvalue weighted by Gasteiger charge is -2.22. The van der Waals surface area contributed by atoms with Crippen molar-refractivity contribution in [3.8, 4) is 5.88 Å². The SMILES string of the molecule is CN(CC1OCCO1)c1ccc(N=Cc2c(O)[nH]c3cccc(F)c23)cc1F. The summed E-state index contributed by atoms with van der Waals surface area (Å²) < 4.78 is 39.4. The number of anilines is 1. The summed E-state index contributed by atoms with van der Waals surface area (Å²) >= 11 is 0. The highest BCUT2D eigenvalue weighted by Crippen LogP contribution is 2.29. The van der Waals surface area contributed by atoms with Crippen LogP contribution in [0.15, 0.2) is 41.4 Å². The van der Waals surface area contributed by atoms with Gasteiger partial charge in [-0.1, -0.05) is 6.07 Å². The highest BCUT2D eigenvalue weighted by Gasteiger charge is 2.19. The molecule has 1 aliphatic rings. The van der Waals surface area contributed by atoms with Crippen molar-refractivity contribution in [1.29, 1.82) is 0 Å². The van der Waals surface area contributed by atoms with Gasteiger partial charge >= 0.3 is 0 Å². The lowest BCUT2D eigenvalue weighted by atomic mass is 10.1. The van der Waals surface area contributed by atoms with Gasteiger partial charge in [-0.3, -0.25) is 4.99 Å². The molecule has 0 atom stereocenters. The molecule has 146 valence electrons. The summed E-state index contributed by atoms with van der Waals surface area (Å²) in [6.07, 6.45) is 0.942. The minimum Gasteiger partial charge on any atom is -0.494 e. The Bertz CT molecular complexity index is 1030. The van der Waals surface area contributed by atoms with E-state index in [2.05, 4.69) is 9.98 Å². The van der Waals surface area contributed by atoms with E-state index in [9.17, 15) is 13.9 Å². The van der Waals surface area contributed by atoms with Crippen molar-refractivity contribution in [1.82, 2.24) is 4.98 Å². The average molecular weight is 387 g/mol. The van der Waals surface area contributed by atoms with Crippen molar-refractivity contribution in [2.75, 3.05) is 31.7 Å². The maximum atomic E-state index is 14.5. The van der Waals surface area contributed by atoms with E-state index in [1.54, 1.807) is 36.2 Å². The van der Waals surface area contributed by atoms with Crippen LogP contribution in [0.2, 0.25) is 0 Å². The lowest BCUT2D eigenvalue weighted by Crippen LogP contribution is -2.30. The third-order valence-electron chi connectivity index (χ3n) is 4.59. The Labute approximate surface area is 160 Å². The summed E-state index contributed by atoms with van der Waals surface area (Å²) in [5.74, 6) is -1.13. The maximum absolute atomic E-state index is 14.5. The number of likely N-dealkylation sites (N-methyl/N-ethyl adjacent to an activating group) is 1. The van der Waals surface area contributed by atoms with Gasteiger partial charge in [-0.25, -0.2) is 8.78 Å². The van der Waals surface area contributed by atoms with Crippen LogP contribution < -0.4 is 4.90 Å². The second kappa shape index (κ2) is 7.57. The van der Waals surface area contributed by atoms with Crippen LogP contribution in [0.5, 0.6) is 5.88 Å². The van der Waals surface area contributed by atoms with Crippen molar-refractivity contribution in [2.24, 2.45) is 4.99 Å². The Morgan fingerprint density at radius 2 is 2.00 bits per heavy atom. The number of aliphatic imine (C=N–C) groups is 1. The first-order chi connectivity index (χ1) is 13.5. The summed E-state index contributed by atoms with van der Waals surface area (Å²) in [7, 11) is 1.75. The fraction of sp³-hybridized carbons (Fsp3) is 0.250. The van der Waals surface area contributed by atoms with Gasteiger partial charge in [0.1, 0.15) is 11.6 Å². The Kier molecular flexibility index (Phi) is 4.97. The number of fused-ring (bicyclic) bond motifs is 1. The second-order valence-electron chi connectivity index (χ2n) is 6.50. The number of halogens is 2. The smallest absolute Gasteiger partial charge is 0.198 e. The fourth-order valence-electron chi connectivity index (χ4n) is 3.20. The number of aromatic hydroxyl groups is 1. The van der Waals surface area contributed by atoms with E-state index in [-0.39, 0.29) is 23.1 Å². The van der Waals surface area contributed by atoms with Gasteiger partial charge in [0.05, 0.1) is 42.2 Å². The summed E-state index contributed by atoms with van der Waals surface area (Å²) in [6.45, 7) is 1.48. The van der Waals surface area contributed by atoms with E-state index in [4.69, 9.17) is 9.47 Å². The Balaban J connectivity index is 1.56. The van der Waals surface area contributed by atoms with Gasteiger partial charge in [0.25, 0.3) is 0 Å². The first-order valence-corrected chi connectivity index (χ1v) is 8.80. The molecule has 1 aliphatic heterocycles. The zero-order chi connectivity index (χ0) is 19.7. The highest BCUT2D eigenvalue weighted by atomic mass is 19.1. The van der Waals surface area contributed by atoms with Gasteiger partial charge in [0, 0.05) is 24.7 Å². The number of hydrogen-bond acceptors (Lipinski definition) is 5. The van der Waals surface area contributed by atoms with E-state index in [0.29, 0.717) is 36.6 Å². The summed E-state index contributed by atoms with van der Waals surface area (Å²) in [6, 6.07) is 9.02. The van der Waals surface area contributed by atoms with Crippen molar-refractivity contribution in [2.45, 2.75) is 6.29 Å². The summed E-state index contributed by atoms with van der Waals surface area (Å²) in [4.78, 5) is 8.59. The molecule has 0 radical (unpaired) electrons. The Morgan fingerprint density at radius 3 is 2.75 bits per heavy atom. The highest BCUT2D eigenvalue weighted by molar-refractivity contribution is 6.02. The predicted molar refractivity (Wildman–Crippen MR) is 103 cm³/mol. The first kappa shape index (κ1) is 18.4. The number of aromatic amines is 1. The molecular weight excluding hydrogens is 368 g/mol. The van der Waals surface area contributed by atoms with E-state index in [0.717, 1.165) is 0 Å². The Hall–Kier alpha value is -2.97. The number of benzene rings is 2. The normalized spacial score (nSPS) is 15.1. The molecule has 0 bridgehead atoms. The minimum absolute atomic E-state index is 0.197. The molecule has 0 unspecified atom stereocenters. The van der Waals surface area contributed by atoms with Gasteiger partial charge in [-0.15, -0.1) is 0 Å². The molecule has 8 heteroatoms. The van der Waals surface area contributed by atoms with Crippen LogP contribution in [0, 0.1) is 11.6 Å². The number of ether oxygens (including phenoxy) is 2. The molecule has 3 aromatic rings. The number of H-pyrrole nitrogens is 1. The largest absolute Gasteiger partial charge is 0.494 e. The van der Waals surface area contributed by atoms with Crippen LogP contribution in [-0.2, 0) is 9.47 Å². The van der Waals surface area contributed by atoms with Crippen molar-refractivity contribution < 1.29 is 23.4 Å². The number of aromatic nitrogens is 1. The zero-order valence-electron chi connectivity index (χ0n) is 15.2. The fourth-order valence-corrected chi connectivity index (χ4v) is 3.20. The molecule has 2 N–H and O–H groups in total. The van der Waals surface area contributed by atoms with Gasteiger partial charge in [-0.05, 0) is 24.3 Å². The number of rotatable bonds is 5. The quantitative estimate of drug-likeness (QED) is 0.655. The predicted octanol–water partition coefficient (Wildman–Crippen LogP) is 3.71. The molecule has 1 fully saturated rings. The molecule has 2 aromatic carbocycles. The number of nitrogens with one attached hydrogen (secondary N) is 1. The topological polar surface area (TPSA) is 70.1 Å². The van der Waals surface area contributed by atoms with Crippen molar-refractivity contribution >= 4 is 28.5 Å². The molecule has 28 heavy (non-hydrogen) atoms. The van der Waals surface area contributed by atoms with Crippen LogP contribution in [0.1, 0.15) is 5.56 Å². The molecule has 2 heterocycles. The van der Waals surface area contributed by atoms with Crippen LogP contribution in [0.3, 0.4) is 0 Å². The molecule has 4 rings (SSSR count).